The van der Waals surface area contributed by atoms with Gasteiger partial charge in [-0.25, -0.2) is 4.98 Å². The fourth-order valence-corrected chi connectivity index (χ4v) is 4.98. The Kier molecular flexibility index (Phi) is 5.74. The molecule has 1 aliphatic heterocycles. The SMILES string of the molecule is Cc1ccc(C)c(CC(=O)N[C@H]2C[C@H]3CN(Cc4nccn4C)C[C@H]3C[C@@H]2O)c1. The number of rotatable bonds is 5. The van der Waals surface area contributed by atoms with E-state index >= 15 is 0 Å². The molecule has 0 bridgehead atoms. The number of hydrogen-bond donors (Lipinski definition) is 2. The molecule has 1 saturated heterocycles. The van der Waals surface area contributed by atoms with E-state index in [1.165, 1.54) is 0 Å². The number of aliphatic hydroxyl groups is 1. The van der Waals surface area contributed by atoms with Gasteiger partial charge >= 0.3 is 0 Å². The molecule has 2 N–H and O–H groups in total. The second-order valence-corrected chi connectivity index (χ2v) is 8.99. The number of nitrogens with zero attached hydrogens (tertiary/aromatic N) is 3. The van der Waals surface area contributed by atoms with Crippen LogP contribution in [0.2, 0.25) is 0 Å². The van der Waals surface area contributed by atoms with Crippen molar-refractivity contribution >= 4 is 5.91 Å². The summed E-state index contributed by atoms with van der Waals surface area (Å²) in [7, 11) is 2.02. The minimum absolute atomic E-state index is 0.00376. The Hall–Kier alpha value is -2.18. The number of amides is 1. The summed E-state index contributed by atoms with van der Waals surface area (Å²) in [5.41, 5.74) is 3.36. The van der Waals surface area contributed by atoms with Crippen LogP contribution >= 0.6 is 0 Å². The summed E-state index contributed by atoms with van der Waals surface area (Å²) >= 11 is 0. The van der Waals surface area contributed by atoms with Gasteiger partial charge in [0.05, 0.1) is 25.1 Å². The Morgan fingerprint density at radius 2 is 2.00 bits per heavy atom. The first kappa shape index (κ1) is 20.1. The fraction of sp³-hybridized carbons (Fsp3) is 0.565. The van der Waals surface area contributed by atoms with Crippen molar-refractivity contribution in [3.05, 3.63) is 53.1 Å². The highest BCUT2D eigenvalue weighted by Gasteiger charge is 2.42. The Balaban J connectivity index is 1.34. The molecule has 0 radical (unpaired) electrons. The number of benzene rings is 1. The third-order valence-electron chi connectivity index (χ3n) is 6.71. The van der Waals surface area contributed by atoms with E-state index in [9.17, 15) is 9.90 Å². The monoisotopic (exact) mass is 396 g/mol. The molecular weight excluding hydrogens is 364 g/mol. The van der Waals surface area contributed by atoms with Gasteiger partial charge in [-0.05, 0) is 49.7 Å². The van der Waals surface area contributed by atoms with E-state index in [1.54, 1.807) is 0 Å². The van der Waals surface area contributed by atoms with Crippen molar-refractivity contribution in [2.45, 2.75) is 51.8 Å². The third kappa shape index (κ3) is 4.54. The van der Waals surface area contributed by atoms with Crippen molar-refractivity contribution in [3.8, 4) is 0 Å². The first-order valence-corrected chi connectivity index (χ1v) is 10.6. The molecular formula is C23H32N4O2. The predicted molar refractivity (Wildman–Crippen MR) is 112 cm³/mol. The van der Waals surface area contributed by atoms with Gasteiger partial charge in [0, 0.05) is 32.5 Å². The molecule has 4 rings (SSSR count). The first-order chi connectivity index (χ1) is 13.9. The summed E-state index contributed by atoms with van der Waals surface area (Å²) in [5.74, 6) is 2.09. The van der Waals surface area contributed by atoms with Crippen molar-refractivity contribution < 1.29 is 9.90 Å². The quantitative estimate of drug-likeness (QED) is 0.811. The zero-order valence-electron chi connectivity index (χ0n) is 17.6. The van der Waals surface area contributed by atoms with Crippen molar-refractivity contribution in [1.82, 2.24) is 19.8 Å². The maximum Gasteiger partial charge on any atom is 0.224 e. The number of nitrogens with one attached hydrogen (secondary N) is 1. The van der Waals surface area contributed by atoms with Gasteiger partial charge in [0.2, 0.25) is 5.91 Å². The molecule has 2 aliphatic rings. The number of aryl methyl sites for hydroxylation is 3. The Bertz CT molecular complexity index is 878. The van der Waals surface area contributed by atoms with Crippen molar-refractivity contribution in [2.24, 2.45) is 18.9 Å². The molecule has 2 heterocycles. The van der Waals surface area contributed by atoms with Crippen LogP contribution < -0.4 is 5.32 Å². The number of likely N-dealkylation sites (tertiary alicyclic amines) is 1. The van der Waals surface area contributed by atoms with Gasteiger partial charge in [0.15, 0.2) is 0 Å². The van der Waals surface area contributed by atoms with Crippen LogP contribution in [-0.2, 0) is 24.8 Å². The molecule has 1 amide bonds. The molecule has 29 heavy (non-hydrogen) atoms. The summed E-state index contributed by atoms with van der Waals surface area (Å²) in [6.45, 7) is 6.93. The molecule has 0 spiro atoms. The molecule has 6 nitrogen and oxygen atoms in total. The van der Waals surface area contributed by atoms with Crippen LogP contribution in [0.15, 0.2) is 30.6 Å². The Morgan fingerprint density at radius 1 is 1.24 bits per heavy atom. The third-order valence-corrected chi connectivity index (χ3v) is 6.71. The second kappa shape index (κ2) is 8.28. The normalized spacial score (nSPS) is 27.0. The largest absolute Gasteiger partial charge is 0.391 e. The van der Waals surface area contributed by atoms with Crippen molar-refractivity contribution in [3.63, 3.8) is 0 Å². The topological polar surface area (TPSA) is 70.4 Å². The zero-order chi connectivity index (χ0) is 20.5. The lowest BCUT2D eigenvalue weighted by atomic mass is 9.77. The summed E-state index contributed by atoms with van der Waals surface area (Å²) in [5, 5.41) is 13.8. The lowest BCUT2D eigenvalue weighted by Gasteiger charge is -2.35. The van der Waals surface area contributed by atoms with E-state index in [4.69, 9.17) is 0 Å². The fourth-order valence-electron chi connectivity index (χ4n) is 4.98. The van der Waals surface area contributed by atoms with Crippen LogP contribution in [0, 0.1) is 25.7 Å². The maximum absolute atomic E-state index is 12.7. The molecule has 4 atom stereocenters. The summed E-state index contributed by atoms with van der Waals surface area (Å²) in [6.07, 6.45) is 5.33. The minimum Gasteiger partial charge on any atom is -0.391 e. The van der Waals surface area contributed by atoms with Gasteiger partial charge in [-0.2, -0.15) is 0 Å². The van der Waals surface area contributed by atoms with Crippen LogP contribution in [0.4, 0.5) is 0 Å². The first-order valence-electron chi connectivity index (χ1n) is 10.6. The number of aliphatic hydroxyl groups excluding tert-OH is 1. The summed E-state index contributed by atoms with van der Waals surface area (Å²) in [6, 6.07) is 6.06. The highest BCUT2D eigenvalue weighted by molar-refractivity contribution is 5.79. The van der Waals surface area contributed by atoms with Crippen LogP contribution in [-0.4, -0.2) is 50.7 Å². The van der Waals surface area contributed by atoms with Crippen molar-refractivity contribution in [2.75, 3.05) is 13.1 Å². The molecule has 6 heteroatoms. The van der Waals surface area contributed by atoms with E-state index < -0.39 is 6.10 Å². The highest BCUT2D eigenvalue weighted by Crippen LogP contribution is 2.37. The van der Waals surface area contributed by atoms with Gasteiger partial charge in [-0.3, -0.25) is 9.69 Å². The second-order valence-electron chi connectivity index (χ2n) is 8.99. The minimum atomic E-state index is -0.466. The molecule has 1 aromatic heterocycles. The van der Waals surface area contributed by atoms with Crippen LogP contribution in [0.5, 0.6) is 0 Å². The Labute approximate surface area is 172 Å². The number of aromatic nitrogens is 2. The molecule has 2 fully saturated rings. The maximum atomic E-state index is 12.7. The van der Waals surface area contributed by atoms with Gasteiger partial charge < -0.3 is 15.0 Å². The van der Waals surface area contributed by atoms with E-state index in [0.29, 0.717) is 18.3 Å². The number of carbonyl (C=O) groups excluding carboxylic acids is 1. The van der Waals surface area contributed by atoms with Gasteiger partial charge in [0.1, 0.15) is 5.82 Å². The van der Waals surface area contributed by atoms with Gasteiger partial charge in [-0.15, -0.1) is 0 Å². The smallest absolute Gasteiger partial charge is 0.224 e. The van der Waals surface area contributed by atoms with Crippen LogP contribution in [0.1, 0.15) is 35.4 Å². The molecule has 156 valence electrons. The van der Waals surface area contributed by atoms with Crippen LogP contribution in [0.3, 0.4) is 0 Å². The predicted octanol–water partition coefficient (Wildman–Crippen LogP) is 1.97. The molecule has 2 aromatic rings. The van der Waals surface area contributed by atoms with E-state index in [-0.39, 0.29) is 11.9 Å². The lowest BCUT2D eigenvalue weighted by molar-refractivity contribution is -0.122. The molecule has 0 unspecified atom stereocenters. The average Bonchev–Trinajstić information content (AvgIpc) is 3.24. The molecule has 1 aromatic carbocycles. The molecule has 1 saturated carbocycles. The zero-order valence-corrected chi connectivity index (χ0v) is 17.6. The van der Waals surface area contributed by atoms with E-state index in [1.807, 2.05) is 33.3 Å². The number of fused-ring (bicyclic) bond motifs is 1. The number of carbonyl (C=O) groups is 1. The van der Waals surface area contributed by atoms with E-state index in [2.05, 4.69) is 38.0 Å². The molecule has 1 aliphatic carbocycles. The summed E-state index contributed by atoms with van der Waals surface area (Å²) in [4.78, 5) is 19.5. The Morgan fingerprint density at radius 3 is 2.72 bits per heavy atom. The van der Waals surface area contributed by atoms with Gasteiger partial charge in [0.25, 0.3) is 0 Å². The van der Waals surface area contributed by atoms with Crippen LogP contribution in [0.25, 0.3) is 0 Å². The van der Waals surface area contributed by atoms with E-state index in [0.717, 1.165) is 55.0 Å². The average molecular weight is 397 g/mol. The standard InChI is InChI=1S/C23H32N4O2/c1-15-4-5-16(2)17(8-15)11-23(29)25-20-9-18-12-27(13-19(18)10-21(20)28)14-22-24-6-7-26(22)3/h4-8,18-21,28H,9-14H2,1-3H3,(H,25,29)/t18-,19+,20-,21-/m0/s1. The highest BCUT2D eigenvalue weighted by atomic mass is 16.3. The van der Waals surface area contributed by atoms with Crippen molar-refractivity contribution in [1.29, 1.82) is 0 Å². The lowest BCUT2D eigenvalue weighted by Crippen LogP contribution is -2.49. The number of imidazole rings is 1. The number of hydrogen-bond acceptors (Lipinski definition) is 4. The summed E-state index contributed by atoms with van der Waals surface area (Å²) < 4.78 is 2.06. The van der Waals surface area contributed by atoms with Gasteiger partial charge in [-0.1, -0.05) is 23.8 Å².